The molecule has 0 saturated heterocycles. The molecular weight excluding hydrogens is 384 g/mol. The van der Waals surface area contributed by atoms with E-state index < -0.39 is 5.97 Å². The molecule has 0 aliphatic heterocycles. The minimum Gasteiger partial charge on any atom is -0.321 e. The van der Waals surface area contributed by atoms with Crippen molar-refractivity contribution >= 4 is 0 Å². The van der Waals surface area contributed by atoms with E-state index in [0.29, 0.717) is 5.92 Å². The summed E-state index contributed by atoms with van der Waals surface area (Å²) >= 11 is 0. The summed E-state index contributed by atoms with van der Waals surface area (Å²) in [5, 5.41) is 0. The van der Waals surface area contributed by atoms with Crippen molar-refractivity contribution in [2.24, 2.45) is 11.8 Å². The Hall–Kier alpha value is -0.120. The summed E-state index contributed by atoms with van der Waals surface area (Å²) < 4.78 is 20.5. The first-order valence-corrected chi connectivity index (χ1v) is 13.3. The zero-order chi connectivity index (χ0) is 23.8. The monoisotopic (exact) mass is 440 g/mol. The van der Waals surface area contributed by atoms with Gasteiger partial charge >= 0.3 is 0 Å². The summed E-state index contributed by atoms with van der Waals surface area (Å²) in [6, 6.07) is 0. The maximum atomic E-state index is 6.84. The van der Waals surface area contributed by atoms with Crippen molar-refractivity contribution in [3.05, 3.63) is 0 Å². The van der Waals surface area contributed by atoms with Crippen LogP contribution in [0.2, 0.25) is 0 Å². The lowest BCUT2D eigenvalue weighted by atomic mass is 9.76. The molecule has 0 aromatic rings. The van der Waals surface area contributed by atoms with Gasteiger partial charge in [0.25, 0.3) is 5.97 Å². The Kier molecular flexibility index (Phi) is 11.5. The quantitative estimate of drug-likeness (QED) is 0.224. The molecule has 0 heterocycles. The number of unbranched alkanes of at least 4 members (excludes halogenated alkanes) is 5. The Morgan fingerprint density at radius 3 is 1.45 bits per heavy atom. The summed E-state index contributed by atoms with van der Waals surface area (Å²) in [5.74, 6) is -0.187. The molecule has 1 aliphatic carbocycles. The lowest BCUT2D eigenvalue weighted by Crippen LogP contribution is -2.58. The second-order valence-electron chi connectivity index (χ2n) is 12.8. The molecule has 0 spiro atoms. The van der Waals surface area contributed by atoms with E-state index >= 15 is 0 Å². The summed E-state index contributed by atoms with van der Waals surface area (Å²) in [4.78, 5) is 0. The fourth-order valence-corrected chi connectivity index (χ4v) is 4.95. The third kappa shape index (κ3) is 12.1. The molecule has 0 N–H and O–H groups in total. The molecule has 1 aliphatic rings. The normalized spacial score (nSPS) is 18.4. The molecule has 1 fully saturated rings. The summed E-state index contributed by atoms with van der Waals surface area (Å²) in [6.07, 6.45) is 15.5. The second kappa shape index (κ2) is 12.4. The van der Waals surface area contributed by atoms with Crippen LogP contribution in [0.5, 0.6) is 0 Å². The van der Waals surface area contributed by atoms with Crippen molar-refractivity contribution in [3.63, 3.8) is 0 Å². The standard InChI is InChI=1S/C28H56O3/c1-11-12-13-14-15-19-22-24(23-20-17-16-18-21-23)28(29-25(2,3)4,30-26(5,6)7)31-27(8,9)10/h23-24H,11-22H2,1-10H3. The molecular formula is C28H56O3. The minimum absolute atomic E-state index is 0.247. The smallest absolute Gasteiger partial charge is 0.287 e. The van der Waals surface area contributed by atoms with Crippen LogP contribution in [0.15, 0.2) is 0 Å². The zero-order valence-corrected chi connectivity index (χ0v) is 22.9. The highest BCUT2D eigenvalue weighted by atomic mass is 16.9. The fraction of sp³-hybridized carbons (Fsp3) is 1.00. The first kappa shape index (κ1) is 28.9. The van der Waals surface area contributed by atoms with E-state index in [9.17, 15) is 0 Å². The minimum atomic E-state index is -1.03. The van der Waals surface area contributed by atoms with E-state index in [4.69, 9.17) is 14.2 Å². The molecule has 0 aromatic heterocycles. The Labute approximate surface area is 195 Å². The largest absolute Gasteiger partial charge is 0.321 e. The molecule has 1 atom stereocenters. The van der Waals surface area contributed by atoms with E-state index in [1.807, 2.05) is 0 Å². The van der Waals surface area contributed by atoms with E-state index in [2.05, 4.69) is 69.2 Å². The molecule has 31 heavy (non-hydrogen) atoms. The summed E-state index contributed by atoms with van der Waals surface area (Å²) in [7, 11) is 0. The van der Waals surface area contributed by atoms with Crippen molar-refractivity contribution in [3.8, 4) is 0 Å². The zero-order valence-electron chi connectivity index (χ0n) is 22.9. The van der Waals surface area contributed by atoms with Crippen LogP contribution in [-0.4, -0.2) is 22.8 Å². The molecule has 3 nitrogen and oxygen atoms in total. The molecule has 186 valence electrons. The van der Waals surface area contributed by atoms with Crippen LogP contribution in [0.4, 0.5) is 0 Å². The van der Waals surface area contributed by atoms with Gasteiger partial charge in [0.15, 0.2) is 0 Å². The Morgan fingerprint density at radius 1 is 0.613 bits per heavy atom. The van der Waals surface area contributed by atoms with Crippen LogP contribution in [0.1, 0.15) is 146 Å². The Balaban J connectivity index is 3.27. The number of ether oxygens (including phenoxy) is 3. The van der Waals surface area contributed by atoms with Crippen LogP contribution in [-0.2, 0) is 14.2 Å². The van der Waals surface area contributed by atoms with Gasteiger partial charge in [0.1, 0.15) is 0 Å². The van der Waals surface area contributed by atoms with Gasteiger partial charge < -0.3 is 14.2 Å². The molecule has 1 rings (SSSR count). The maximum Gasteiger partial charge on any atom is 0.287 e. The van der Waals surface area contributed by atoms with E-state index in [-0.39, 0.29) is 22.7 Å². The van der Waals surface area contributed by atoms with E-state index in [0.717, 1.165) is 6.42 Å². The van der Waals surface area contributed by atoms with Gasteiger partial charge in [0.05, 0.1) is 16.8 Å². The van der Waals surface area contributed by atoms with Crippen molar-refractivity contribution in [2.45, 2.75) is 169 Å². The third-order valence-corrected chi connectivity index (χ3v) is 5.89. The average Bonchev–Trinajstić information content (AvgIpc) is 2.57. The number of hydrogen-bond donors (Lipinski definition) is 0. The van der Waals surface area contributed by atoms with Crippen LogP contribution in [0, 0.1) is 11.8 Å². The van der Waals surface area contributed by atoms with Crippen LogP contribution in [0.25, 0.3) is 0 Å². The third-order valence-electron chi connectivity index (χ3n) is 5.89. The van der Waals surface area contributed by atoms with Crippen molar-refractivity contribution in [1.29, 1.82) is 0 Å². The van der Waals surface area contributed by atoms with Crippen molar-refractivity contribution < 1.29 is 14.2 Å². The topological polar surface area (TPSA) is 27.7 Å². The van der Waals surface area contributed by atoms with Gasteiger partial charge in [0.2, 0.25) is 0 Å². The first-order chi connectivity index (χ1) is 14.2. The summed E-state index contributed by atoms with van der Waals surface area (Å²) in [6.45, 7) is 21.4. The van der Waals surface area contributed by atoms with Crippen LogP contribution in [0.3, 0.4) is 0 Å². The first-order valence-electron chi connectivity index (χ1n) is 13.3. The number of rotatable bonds is 12. The van der Waals surface area contributed by atoms with E-state index in [1.54, 1.807) is 0 Å². The molecule has 0 bridgehead atoms. The highest BCUT2D eigenvalue weighted by molar-refractivity contribution is 4.87. The molecule has 0 amide bonds. The van der Waals surface area contributed by atoms with Gasteiger partial charge in [-0.15, -0.1) is 0 Å². The highest BCUT2D eigenvalue weighted by Crippen LogP contribution is 2.46. The van der Waals surface area contributed by atoms with E-state index in [1.165, 1.54) is 70.6 Å². The lowest BCUT2D eigenvalue weighted by molar-refractivity contribution is -0.472. The van der Waals surface area contributed by atoms with Gasteiger partial charge in [-0.3, -0.25) is 0 Å². The van der Waals surface area contributed by atoms with Gasteiger partial charge in [0, 0.05) is 5.92 Å². The van der Waals surface area contributed by atoms with Crippen LogP contribution < -0.4 is 0 Å². The van der Waals surface area contributed by atoms with Gasteiger partial charge in [-0.25, -0.2) is 0 Å². The summed E-state index contributed by atoms with van der Waals surface area (Å²) in [5.41, 5.74) is -1.07. The van der Waals surface area contributed by atoms with Crippen LogP contribution >= 0.6 is 0 Å². The average molecular weight is 441 g/mol. The molecule has 0 aromatic carbocycles. The highest BCUT2D eigenvalue weighted by Gasteiger charge is 2.52. The van der Waals surface area contributed by atoms with Gasteiger partial charge in [-0.05, 0) is 87.5 Å². The maximum absolute atomic E-state index is 6.84. The second-order valence-corrected chi connectivity index (χ2v) is 12.8. The molecule has 1 saturated carbocycles. The SMILES string of the molecule is CCCCCCCCC(C1CCCCC1)C(OC(C)(C)C)(OC(C)(C)C)OC(C)(C)C. The molecule has 3 heteroatoms. The number of hydrogen-bond acceptors (Lipinski definition) is 3. The Bertz CT molecular complexity index is 431. The fourth-order valence-electron chi connectivity index (χ4n) is 4.95. The van der Waals surface area contributed by atoms with Crippen molar-refractivity contribution in [1.82, 2.24) is 0 Å². The Morgan fingerprint density at radius 2 is 1.03 bits per heavy atom. The van der Waals surface area contributed by atoms with Gasteiger partial charge in [-0.2, -0.15) is 0 Å². The molecule has 0 radical (unpaired) electrons. The predicted octanol–water partition coefficient (Wildman–Crippen LogP) is 9.03. The van der Waals surface area contributed by atoms with Crippen molar-refractivity contribution in [2.75, 3.05) is 0 Å². The predicted molar refractivity (Wildman–Crippen MR) is 133 cm³/mol. The van der Waals surface area contributed by atoms with Gasteiger partial charge in [-0.1, -0.05) is 64.7 Å². The molecule has 1 unspecified atom stereocenters. The lowest BCUT2D eigenvalue weighted by Gasteiger charge is -2.51.